The van der Waals surface area contributed by atoms with Crippen molar-refractivity contribution in [3.05, 3.63) is 34.9 Å². The number of carbonyl (C=O) groups is 1. The first kappa shape index (κ1) is 13.5. The van der Waals surface area contributed by atoms with Gasteiger partial charge in [0.25, 0.3) is 0 Å². The van der Waals surface area contributed by atoms with E-state index in [-0.39, 0.29) is 11.3 Å². The van der Waals surface area contributed by atoms with Crippen molar-refractivity contribution in [1.29, 1.82) is 0 Å². The van der Waals surface area contributed by atoms with Crippen LogP contribution in [0, 0.1) is 18.6 Å². The summed E-state index contributed by atoms with van der Waals surface area (Å²) in [5, 5.41) is 0.477. The third-order valence-corrected chi connectivity index (χ3v) is 4.69. The van der Waals surface area contributed by atoms with Crippen LogP contribution >= 0.6 is 11.8 Å². The Labute approximate surface area is 110 Å². The highest BCUT2D eigenvalue weighted by Crippen LogP contribution is 2.30. The van der Waals surface area contributed by atoms with Crippen molar-refractivity contribution in [3.8, 4) is 0 Å². The predicted octanol–water partition coefficient (Wildman–Crippen LogP) is 4.13. The number of benzene rings is 1. The Balaban J connectivity index is 2.06. The Morgan fingerprint density at radius 1 is 1.33 bits per heavy atom. The first-order valence-electron chi connectivity index (χ1n) is 6.19. The van der Waals surface area contributed by atoms with Crippen LogP contribution in [0.5, 0.6) is 0 Å². The van der Waals surface area contributed by atoms with Crippen LogP contribution in [-0.4, -0.2) is 16.8 Å². The molecule has 0 atom stereocenters. The fourth-order valence-corrected chi connectivity index (χ4v) is 3.43. The highest BCUT2D eigenvalue weighted by atomic mass is 32.2. The minimum absolute atomic E-state index is 0.169. The van der Waals surface area contributed by atoms with E-state index in [1.807, 2.05) is 0 Å². The Bertz CT molecular complexity index is 453. The molecule has 1 aliphatic rings. The van der Waals surface area contributed by atoms with E-state index in [4.69, 9.17) is 0 Å². The van der Waals surface area contributed by atoms with Gasteiger partial charge >= 0.3 is 0 Å². The normalized spacial score (nSPS) is 16.2. The van der Waals surface area contributed by atoms with Crippen molar-refractivity contribution < 1.29 is 13.6 Å². The van der Waals surface area contributed by atoms with Crippen molar-refractivity contribution in [3.63, 3.8) is 0 Å². The van der Waals surface area contributed by atoms with Gasteiger partial charge in [0.05, 0.1) is 11.3 Å². The van der Waals surface area contributed by atoms with Crippen LogP contribution in [0.2, 0.25) is 0 Å². The Morgan fingerprint density at radius 2 is 2.00 bits per heavy atom. The molecule has 18 heavy (non-hydrogen) atoms. The van der Waals surface area contributed by atoms with E-state index in [1.165, 1.54) is 37.6 Å². The molecule has 0 N–H and O–H groups in total. The first-order chi connectivity index (χ1) is 8.59. The van der Waals surface area contributed by atoms with Gasteiger partial charge in [-0.1, -0.05) is 18.9 Å². The lowest BCUT2D eigenvalue weighted by atomic mass is 10.1. The number of Topliss-reactive ketones (excluding diaryl/α,β-unsaturated/α-hetero) is 1. The number of hydrogen-bond acceptors (Lipinski definition) is 2. The summed E-state index contributed by atoms with van der Waals surface area (Å²) in [5.41, 5.74) is -0.0638. The minimum Gasteiger partial charge on any atom is -0.293 e. The number of ketones is 1. The van der Waals surface area contributed by atoms with Gasteiger partial charge in [0, 0.05) is 5.25 Å². The third kappa shape index (κ3) is 2.91. The number of rotatable bonds is 4. The van der Waals surface area contributed by atoms with Gasteiger partial charge in [-0.2, -0.15) is 11.8 Å². The zero-order valence-corrected chi connectivity index (χ0v) is 11.2. The molecule has 0 spiro atoms. The second-order valence-electron chi connectivity index (χ2n) is 4.69. The highest BCUT2D eigenvalue weighted by molar-refractivity contribution is 8.00. The Morgan fingerprint density at radius 3 is 2.67 bits per heavy atom. The van der Waals surface area contributed by atoms with E-state index < -0.39 is 17.4 Å². The zero-order chi connectivity index (χ0) is 13.1. The largest absolute Gasteiger partial charge is 0.293 e. The van der Waals surface area contributed by atoms with E-state index in [9.17, 15) is 13.6 Å². The van der Waals surface area contributed by atoms with Gasteiger partial charge < -0.3 is 0 Å². The second kappa shape index (κ2) is 5.83. The van der Waals surface area contributed by atoms with E-state index >= 15 is 0 Å². The van der Waals surface area contributed by atoms with Crippen molar-refractivity contribution in [2.75, 3.05) is 5.75 Å². The molecule has 1 saturated carbocycles. The summed E-state index contributed by atoms with van der Waals surface area (Å²) in [6.45, 7) is 1.54. The smallest absolute Gasteiger partial charge is 0.178 e. The molecule has 0 aromatic heterocycles. The van der Waals surface area contributed by atoms with Crippen molar-refractivity contribution in [1.82, 2.24) is 0 Å². The summed E-state index contributed by atoms with van der Waals surface area (Å²) < 4.78 is 27.3. The monoisotopic (exact) mass is 270 g/mol. The van der Waals surface area contributed by atoms with Crippen LogP contribution in [0.1, 0.15) is 41.6 Å². The van der Waals surface area contributed by atoms with Crippen LogP contribution in [-0.2, 0) is 0 Å². The maximum absolute atomic E-state index is 13.7. The van der Waals surface area contributed by atoms with Crippen LogP contribution in [0.3, 0.4) is 0 Å². The lowest BCUT2D eigenvalue weighted by molar-refractivity contribution is 0.101. The molecule has 1 fully saturated rings. The molecule has 1 aromatic carbocycles. The fraction of sp³-hybridized carbons (Fsp3) is 0.500. The quantitative estimate of drug-likeness (QED) is 0.765. The topological polar surface area (TPSA) is 17.1 Å². The maximum atomic E-state index is 13.7. The summed E-state index contributed by atoms with van der Waals surface area (Å²) in [6, 6.07) is 2.51. The van der Waals surface area contributed by atoms with Gasteiger partial charge in [-0.25, -0.2) is 8.78 Å². The molecule has 0 heterocycles. The molecular weight excluding hydrogens is 254 g/mol. The predicted molar refractivity (Wildman–Crippen MR) is 70.1 cm³/mol. The average molecular weight is 270 g/mol. The number of thioether (sulfide) groups is 1. The maximum Gasteiger partial charge on any atom is 0.178 e. The summed E-state index contributed by atoms with van der Waals surface area (Å²) in [5.74, 6) is -1.74. The van der Waals surface area contributed by atoms with Crippen molar-refractivity contribution >= 4 is 17.5 Å². The van der Waals surface area contributed by atoms with E-state index in [1.54, 1.807) is 0 Å². The minimum atomic E-state index is -0.755. The Kier molecular flexibility index (Phi) is 4.38. The van der Waals surface area contributed by atoms with Gasteiger partial charge in [0.15, 0.2) is 5.78 Å². The number of hydrogen-bond donors (Lipinski definition) is 0. The number of aryl methyl sites for hydroxylation is 1. The highest BCUT2D eigenvalue weighted by Gasteiger charge is 2.22. The molecule has 1 nitrogen and oxygen atoms in total. The van der Waals surface area contributed by atoms with Crippen LogP contribution in [0.25, 0.3) is 0 Å². The second-order valence-corrected chi connectivity index (χ2v) is 5.98. The third-order valence-electron chi connectivity index (χ3n) is 3.32. The summed E-state index contributed by atoms with van der Waals surface area (Å²) in [4.78, 5) is 11.9. The van der Waals surface area contributed by atoms with E-state index in [0.717, 1.165) is 18.9 Å². The van der Waals surface area contributed by atoms with E-state index in [0.29, 0.717) is 10.8 Å². The summed E-state index contributed by atoms with van der Waals surface area (Å²) in [7, 11) is 0. The van der Waals surface area contributed by atoms with Gasteiger partial charge in [0.2, 0.25) is 0 Å². The lowest BCUT2D eigenvalue weighted by Gasteiger charge is -2.09. The number of halogens is 2. The SMILES string of the molecule is Cc1ccc(F)c(C(=O)CSC2CCCC2)c1F. The standard InChI is InChI=1S/C14H16F2OS/c1-9-6-7-11(15)13(14(9)16)12(17)8-18-10-4-2-3-5-10/h6-7,10H,2-5,8H2,1H3. The summed E-state index contributed by atoms with van der Waals surface area (Å²) >= 11 is 1.53. The molecule has 1 aliphatic carbocycles. The molecule has 0 amide bonds. The first-order valence-corrected chi connectivity index (χ1v) is 7.24. The molecule has 0 saturated heterocycles. The van der Waals surface area contributed by atoms with Crippen molar-refractivity contribution in [2.24, 2.45) is 0 Å². The van der Waals surface area contributed by atoms with Gasteiger partial charge in [-0.3, -0.25) is 4.79 Å². The molecule has 0 bridgehead atoms. The zero-order valence-electron chi connectivity index (χ0n) is 10.3. The molecule has 2 rings (SSSR count). The molecule has 0 unspecified atom stereocenters. The molecule has 98 valence electrons. The van der Waals surface area contributed by atoms with Gasteiger partial charge in [0.1, 0.15) is 11.6 Å². The van der Waals surface area contributed by atoms with Crippen molar-refractivity contribution in [2.45, 2.75) is 37.9 Å². The van der Waals surface area contributed by atoms with Gasteiger partial charge in [-0.05, 0) is 31.4 Å². The van der Waals surface area contributed by atoms with Crippen LogP contribution < -0.4 is 0 Å². The van der Waals surface area contributed by atoms with E-state index in [2.05, 4.69) is 0 Å². The molecule has 0 aliphatic heterocycles. The Hall–Kier alpha value is -0.900. The van der Waals surface area contributed by atoms with Crippen LogP contribution in [0.4, 0.5) is 8.78 Å². The molecular formula is C14H16F2OS. The molecule has 4 heteroatoms. The number of carbonyl (C=O) groups excluding carboxylic acids is 1. The molecule has 1 aromatic rings. The average Bonchev–Trinajstić information content (AvgIpc) is 2.85. The molecule has 0 radical (unpaired) electrons. The fourth-order valence-electron chi connectivity index (χ4n) is 2.23. The van der Waals surface area contributed by atoms with Gasteiger partial charge in [-0.15, -0.1) is 0 Å². The lowest BCUT2D eigenvalue weighted by Crippen LogP contribution is -2.11. The van der Waals surface area contributed by atoms with Crippen LogP contribution in [0.15, 0.2) is 12.1 Å². The summed E-state index contributed by atoms with van der Waals surface area (Å²) in [6.07, 6.45) is 4.60.